The summed E-state index contributed by atoms with van der Waals surface area (Å²) < 4.78 is 34.3. The molecule has 0 aliphatic heterocycles. The lowest BCUT2D eigenvalue weighted by molar-refractivity contribution is -0.122. The van der Waals surface area contributed by atoms with Gasteiger partial charge in [0.25, 0.3) is 0 Å². The zero-order chi connectivity index (χ0) is 22.3. The molecule has 0 aromatic heterocycles. The molecule has 174 valence electrons. The molecule has 1 N–H and O–H groups in total. The first-order valence-corrected chi connectivity index (χ1v) is 13.3. The summed E-state index contributed by atoms with van der Waals surface area (Å²) in [5.41, 5.74) is 0.849. The smallest absolute Gasteiger partial charge is 0.247 e. The molecule has 0 atom stereocenters. The Kier molecular flexibility index (Phi) is 8.78. The largest absolute Gasteiger partial charge is 0.495 e. The molecule has 2 saturated carbocycles. The molecule has 0 unspecified atom stereocenters. The van der Waals surface area contributed by atoms with Crippen LogP contribution in [-0.4, -0.2) is 44.4 Å². The van der Waals surface area contributed by atoms with Crippen molar-refractivity contribution in [3.8, 4) is 5.75 Å². The molecule has 2 fully saturated rings. The molecule has 0 heterocycles. The van der Waals surface area contributed by atoms with E-state index in [1.54, 1.807) is 12.1 Å². The van der Waals surface area contributed by atoms with Crippen LogP contribution in [0.4, 0.5) is 0 Å². The quantitative estimate of drug-likeness (QED) is 0.661. The Morgan fingerprint density at radius 1 is 1.00 bits per heavy atom. The van der Waals surface area contributed by atoms with Gasteiger partial charge >= 0.3 is 0 Å². The number of amides is 1. The Bertz CT molecular complexity index is 826. The molecule has 0 radical (unpaired) electrons. The average molecular weight is 451 g/mol. The van der Waals surface area contributed by atoms with Crippen molar-refractivity contribution in [2.45, 2.75) is 101 Å². The summed E-state index contributed by atoms with van der Waals surface area (Å²) in [5.74, 6) is 0.137. The molecule has 0 saturated heterocycles. The van der Waals surface area contributed by atoms with Gasteiger partial charge in [-0.05, 0) is 50.3 Å². The number of carbonyl (C=O) groups excluding carboxylic acids is 1. The van der Waals surface area contributed by atoms with E-state index < -0.39 is 10.0 Å². The van der Waals surface area contributed by atoms with Crippen molar-refractivity contribution in [3.63, 3.8) is 0 Å². The molecule has 2 aliphatic carbocycles. The molecule has 2 aliphatic rings. The van der Waals surface area contributed by atoms with Crippen LogP contribution in [0.2, 0.25) is 0 Å². The van der Waals surface area contributed by atoms with E-state index in [0.29, 0.717) is 5.75 Å². The first-order chi connectivity index (χ1) is 14.9. The van der Waals surface area contributed by atoms with Crippen molar-refractivity contribution in [1.29, 1.82) is 0 Å². The number of aryl methyl sites for hydroxylation is 1. The minimum Gasteiger partial charge on any atom is -0.495 e. The molecule has 1 amide bonds. The fourth-order valence-electron chi connectivity index (χ4n) is 4.91. The van der Waals surface area contributed by atoms with Crippen LogP contribution in [0.15, 0.2) is 23.1 Å². The highest BCUT2D eigenvalue weighted by Gasteiger charge is 2.36. The number of hydrogen-bond donors (Lipinski definition) is 1. The van der Waals surface area contributed by atoms with E-state index in [-0.39, 0.29) is 29.4 Å². The third-order valence-electron chi connectivity index (χ3n) is 6.66. The molecule has 0 bridgehead atoms. The zero-order valence-electron chi connectivity index (χ0n) is 19.1. The highest BCUT2D eigenvalue weighted by molar-refractivity contribution is 7.89. The van der Waals surface area contributed by atoms with Gasteiger partial charge in [-0.1, -0.05) is 57.4 Å². The van der Waals surface area contributed by atoms with Crippen molar-refractivity contribution in [3.05, 3.63) is 23.8 Å². The maximum absolute atomic E-state index is 13.8. The lowest BCUT2D eigenvalue weighted by Gasteiger charge is -2.34. The number of benzene rings is 1. The van der Waals surface area contributed by atoms with Crippen LogP contribution >= 0.6 is 0 Å². The second-order valence-corrected chi connectivity index (χ2v) is 11.0. The van der Waals surface area contributed by atoms with E-state index in [9.17, 15) is 13.2 Å². The monoisotopic (exact) mass is 450 g/mol. The number of nitrogens with zero attached hydrogens (tertiary/aromatic N) is 1. The number of carbonyl (C=O) groups is 1. The molecular weight excluding hydrogens is 412 g/mol. The van der Waals surface area contributed by atoms with Crippen LogP contribution in [0.25, 0.3) is 0 Å². The van der Waals surface area contributed by atoms with Crippen LogP contribution in [0.1, 0.15) is 82.6 Å². The fraction of sp³-hybridized carbons (Fsp3) is 0.708. The Balaban J connectivity index is 1.82. The van der Waals surface area contributed by atoms with Gasteiger partial charge in [0, 0.05) is 12.1 Å². The third kappa shape index (κ3) is 6.45. The molecular formula is C24H38N2O4S. The van der Waals surface area contributed by atoms with Crippen molar-refractivity contribution in [2.75, 3.05) is 13.7 Å². The molecule has 1 aromatic carbocycles. The van der Waals surface area contributed by atoms with Crippen molar-refractivity contribution in [2.24, 2.45) is 0 Å². The summed E-state index contributed by atoms with van der Waals surface area (Å²) in [6.07, 6.45) is 12.6. The number of methoxy groups -OCH3 is 1. The first kappa shape index (κ1) is 24.1. The van der Waals surface area contributed by atoms with E-state index in [2.05, 4.69) is 5.32 Å². The zero-order valence-corrected chi connectivity index (χ0v) is 19.9. The van der Waals surface area contributed by atoms with Gasteiger partial charge in [0.1, 0.15) is 10.6 Å². The lowest BCUT2D eigenvalue weighted by Crippen LogP contribution is -2.48. The van der Waals surface area contributed by atoms with Gasteiger partial charge in [0.15, 0.2) is 0 Å². The van der Waals surface area contributed by atoms with Crippen LogP contribution < -0.4 is 10.1 Å². The molecule has 3 rings (SSSR count). The number of rotatable bonds is 7. The van der Waals surface area contributed by atoms with E-state index >= 15 is 0 Å². The van der Waals surface area contributed by atoms with Crippen LogP contribution in [-0.2, 0) is 14.8 Å². The second-order valence-electron chi connectivity index (χ2n) is 9.11. The SMILES string of the molecule is COc1ccc(C)cc1S(=O)(=O)N(CC(=O)NC1CCCCCCC1)C1CCCCC1. The van der Waals surface area contributed by atoms with Gasteiger partial charge in [0.2, 0.25) is 15.9 Å². The molecule has 7 heteroatoms. The number of hydrogen-bond acceptors (Lipinski definition) is 4. The predicted molar refractivity (Wildman–Crippen MR) is 123 cm³/mol. The molecule has 0 spiro atoms. The van der Waals surface area contributed by atoms with Gasteiger partial charge < -0.3 is 10.1 Å². The fourth-order valence-corrected chi connectivity index (χ4v) is 6.79. The van der Waals surface area contributed by atoms with Gasteiger partial charge in [-0.15, -0.1) is 0 Å². The van der Waals surface area contributed by atoms with Crippen molar-refractivity contribution in [1.82, 2.24) is 9.62 Å². The number of ether oxygens (including phenoxy) is 1. The highest BCUT2D eigenvalue weighted by atomic mass is 32.2. The van der Waals surface area contributed by atoms with Crippen LogP contribution in [0, 0.1) is 6.92 Å². The summed E-state index contributed by atoms with van der Waals surface area (Å²) >= 11 is 0. The summed E-state index contributed by atoms with van der Waals surface area (Å²) in [5, 5.41) is 3.14. The second kappa shape index (κ2) is 11.3. The Morgan fingerprint density at radius 2 is 1.58 bits per heavy atom. The number of sulfonamides is 1. The van der Waals surface area contributed by atoms with Crippen LogP contribution in [0.5, 0.6) is 5.75 Å². The first-order valence-electron chi connectivity index (χ1n) is 11.9. The van der Waals surface area contributed by atoms with Gasteiger partial charge in [0.05, 0.1) is 13.7 Å². The summed E-state index contributed by atoms with van der Waals surface area (Å²) in [6, 6.07) is 5.18. The Labute approximate surface area is 187 Å². The van der Waals surface area contributed by atoms with Crippen molar-refractivity contribution < 1.29 is 17.9 Å². The van der Waals surface area contributed by atoms with E-state index in [4.69, 9.17) is 4.74 Å². The normalized spacial score (nSPS) is 19.6. The standard InChI is InChI=1S/C24H38N2O4S/c1-19-15-16-22(30-2)23(17-19)31(28,29)26(21-13-9-6-10-14-21)18-24(27)25-20-11-7-4-3-5-8-12-20/h15-17,20-21H,3-14,18H2,1-2H3,(H,25,27). The predicted octanol–water partition coefficient (Wildman–Crippen LogP) is 4.56. The van der Waals surface area contributed by atoms with Gasteiger partial charge in [-0.2, -0.15) is 4.31 Å². The maximum Gasteiger partial charge on any atom is 0.247 e. The number of nitrogens with one attached hydrogen (secondary N) is 1. The maximum atomic E-state index is 13.8. The minimum absolute atomic E-state index is 0.124. The highest BCUT2D eigenvalue weighted by Crippen LogP contribution is 2.32. The van der Waals surface area contributed by atoms with Crippen molar-refractivity contribution >= 4 is 15.9 Å². The lowest BCUT2D eigenvalue weighted by atomic mass is 9.95. The van der Waals surface area contributed by atoms with E-state index in [1.807, 2.05) is 13.0 Å². The van der Waals surface area contributed by atoms with Crippen LogP contribution in [0.3, 0.4) is 0 Å². The molecule has 6 nitrogen and oxygen atoms in total. The Morgan fingerprint density at radius 3 is 2.23 bits per heavy atom. The Hall–Kier alpha value is -1.60. The van der Waals surface area contributed by atoms with Gasteiger partial charge in [-0.3, -0.25) is 4.79 Å². The third-order valence-corrected chi connectivity index (χ3v) is 8.58. The topological polar surface area (TPSA) is 75.7 Å². The van der Waals surface area contributed by atoms with Gasteiger partial charge in [-0.25, -0.2) is 8.42 Å². The summed E-state index contributed by atoms with van der Waals surface area (Å²) in [7, 11) is -2.39. The van der Waals surface area contributed by atoms with E-state index in [0.717, 1.165) is 63.4 Å². The van der Waals surface area contributed by atoms with E-state index in [1.165, 1.54) is 30.7 Å². The molecule has 31 heavy (non-hydrogen) atoms. The summed E-state index contributed by atoms with van der Waals surface area (Å²) in [6.45, 7) is 1.74. The molecule has 1 aromatic rings. The minimum atomic E-state index is -3.87. The average Bonchev–Trinajstić information content (AvgIpc) is 2.74. The summed E-state index contributed by atoms with van der Waals surface area (Å²) in [4.78, 5) is 13.2.